The van der Waals surface area contributed by atoms with E-state index < -0.39 is 41.5 Å². The zero-order chi connectivity index (χ0) is 61.2. The van der Waals surface area contributed by atoms with Crippen LogP contribution in [0.25, 0.3) is 0 Å². The van der Waals surface area contributed by atoms with Crippen LogP contribution in [0.2, 0.25) is 8.67 Å². The van der Waals surface area contributed by atoms with Gasteiger partial charge in [0, 0.05) is 370 Å². The fourth-order valence-corrected chi connectivity index (χ4v) is 90.7. The molecule has 4 aromatic rings. The van der Waals surface area contributed by atoms with Gasteiger partial charge in [0.15, 0.2) is 5.78 Å². The van der Waals surface area contributed by atoms with Crippen LogP contribution in [0.3, 0.4) is 0 Å². The largest absolute Gasteiger partial charge is 0.471 e. The summed E-state index contributed by atoms with van der Waals surface area (Å²) in [6, 6.07) is 1.91. The molecule has 2 fully saturated rings. The van der Waals surface area contributed by atoms with Crippen LogP contribution in [0.15, 0.2) is 24.5 Å². The number of thiophene rings is 2. The van der Waals surface area contributed by atoms with E-state index in [9.17, 15) is 27.9 Å². The third-order valence-corrected chi connectivity index (χ3v) is 80.4. The Balaban J connectivity index is 0.000000279. The van der Waals surface area contributed by atoms with Crippen LogP contribution in [0, 0.1) is 0 Å². The quantitative estimate of drug-likeness (QED) is 0.219. The third kappa shape index (κ3) is 28.1. The minimum atomic E-state index is -5.03. The van der Waals surface area contributed by atoms with Crippen molar-refractivity contribution in [2.45, 2.75) is 102 Å². The molecule has 494 valence electrons. The third-order valence-electron chi connectivity index (χ3n) is 10.8. The molecule has 0 saturated carbocycles. The fourth-order valence-electron chi connectivity index (χ4n) is 8.27. The Hall–Kier alpha value is 4.29. The number of ketones is 1. The number of ether oxygens (including phenoxy) is 2. The molecule has 7 atom stereocenters. The first-order chi connectivity index (χ1) is 40.9. The average molecular weight is 1890 g/mol. The maximum atomic E-state index is 13.3. The molecule has 53 heteroatoms. The van der Waals surface area contributed by atoms with E-state index >= 15 is 0 Å². The number of amides is 1. The number of aromatic nitrogens is 6. The highest BCUT2D eigenvalue weighted by Gasteiger charge is 2.56. The Morgan fingerprint density at radius 1 is 0.644 bits per heavy atom. The number of Topliss-reactive ketones (excluding diaryl/α,β-unsaturated/α-hetero) is 1. The standard InChI is InChI=1S/C17H16ClF3N4O3S.C15H19ClN4O2S.2CH4.S33/c1-8-4-16(14-9(3-13(18)29-14)12(26)7-28-16)5-11(10-6-24(2)23-22-10)25(8)15(27)17(19,20)21;1-8-4-15(5-10(17-8)11-6-20(2)19-18-11)14-9(3-13(16)23-14)12(21)7-22-15;;;1-3-5-7-9-11-13-15-17-19-21-23-25-27-29-31-33-32-30-28-26-24-22-20-18-16-14-12-10-8-6-4-2/h3,6,8,11H,4-5,7H2,1-2H3;3,6,8,10,12,17,21H,4-5,7H2,1-2H3;2*1H4;/t8-,11-,16-;8-,10-,12-,15-;;;/m00.../s1. The molecule has 87 heavy (non-hydrogen) atoms. The van der Waals surface area contributed by atoms with E-state index in [0.717, 1.165) is 33.9 Å². The number of aliphatic hydroxyl groups excluding tert-OH is 1. The Kier molecular flexibility index (Phi) is 43.4. The summed E-state index contributed by atoms with van der Waals surface area (Å²) in [5.41, 5.74) is 1.02. The highest BCUT2D eigenvalue weighted by atomic mass is 35.5. The van der Waals surface area contributed by atoms with Crippen LogP contribution in [0.4, 0.5) is 13.2 Å². The summed E-state index contributed by atoms with van der Waals surface area (Å²) < 4.78 is 56.2. The van der Waals surface area contributed by atoms with Crippen molar-refractivity contribution < 1.29 is 37.3 Å². The topological polar surface area (TPSA) is 150 Å². The van der Waals surface area contributed by atoms with Gasteiger partial charge in [0.2, 0.25) is 0 Å². The molecule has 0 radical (unpaired) electrons. The number of fused-ring (bicyclic) bond motifs is 4. The van der Waals surface area contributed by atoms with Gasteiger partial charge in [-0.3, -0.25) is 19.0 Å². The van der Waals surface area contributed by atoms with E-state index in [1.807, 2.05) is 170 Å². The van der Waals surface area contributed by atoms with E-state index in [1.165, 1.54) is 58.2 Å². The molecule has 13 nitrogen and oxygen atoms in total. The Morgan fingerprint density at radius 3 is 1.48 bits per heavy atom. The number of aliphatic hydroxyl groups is 1. The highest BCUT2D eigenvalue weighted by molar-refractivity contribution is 8.80. The number of nitrogens with zero attached hydrogens (tertiary/aromatic N) is 7. The summed E-state index contributed by atoms with van der Waals surface area (Å²) in [7, 11) is 58.0. The second kappa shape index (κ2) is 45.1. The molecule has 1 amide bonds. The first-order valence-electron chi connectivity index (χ1n) is 21.8. The van der Waals surface area contributed by atoms with Crippen molar-refractivity contribution in [3.63, 3.8) is 0 Å². The lowest BCUT2D eigenvalue weighted by atomic mass is 9.77. The predicted molar refractivity (Wildman–Crippen MR) is 441 cm³/mol. The van der Waals surface area contributed by atoms with E-state index in [2.05, 4.69) is 32.9 Å². The van der Waals surface area contributed by atoms with E-state index in [1.54, 1.807) is 124 Å². The van der Waals surface area contributed by atoms with Gasteiger partial charge in [-0.15, -0.1) is 32.9 Å². The minimum Gasteiger partial charge on any atom is -0.386 e. The van der Waals surface area contributed by atoms with Crippen LogP contribution < -0.4 is 5.32 Å². The molecule has 2 saturated heterocycles. The van der Waals surface area contributed by atoms with E-state index in [-0.39, 0.29) is 57.9 Å². The molecule has 2 N–H and O–H groups in total. The van der Waals surface area contributed by atoms with E-state index in [0.29, 0.717) is 25.7 Å². The van der Waals surface area contributed by atoms with Gasteiger partial charge in [-0.2, -0.15) is 13.2 Å². The van der Waals surface area contributed by atoms with Crippen molar-refractivity contribution in [3.8, 4) is 0 Å². The molecule has 8 rings (SSSR count). The minimum absolute atomic E-state index is 0. The summed E-state index contributed by atoms with van der Waals surface area (Å²) in [4.78, 5) is 26.9. The molecular weight excluding hydrogens is 1850 g/mol. The summed E-state index contributed by atoms with van der Waals surface area (Å²) >= 11 is 24.6. The van der Waals surface area contributed by atoms with Crippen molar-refractivity contribution in [1.29, 1.82) is 0 Å². The van der Waals surface area contributed by atoms with Gasteiger partial charge in [-0.1, -0.05) is 48.5 Å². The number of carbonyl (C=O) groups is 2. The zero-order valence-corrected chi connectivity index (χ0v) is 71.9. The van der Waals surface area contributed by atoms with Gasteiger partial charge in [-0.25, -0.2) is 0 Å². The van der Waals surface area contributed by atoms with Crippen molar-refractivity contribution in [2.24, 2.45) is 14.1 Å². The van der Waals surface area contributed by atoms with Gasteiger partial charge in [0.05, 0.1) is 39.3 Å². The fraction of sp³-hybridized carbons (Fsp3) is 0.588. The van der Waals surface area contributed by atoms with Gasteiger partial charge in [0.1, 0.15) is 29.6 Å². The molecule has 0 bridgehead atoms. The molecule has 4 aliphatic rings. The van der Waals surface area contributed by atoms with Gasteiger partial charge in [0.25, 0.3) is 0 Å². The van der Waals surface area contributed by atoms with Crippen LogP contribution in [0.1, 0.15) is 110 Å². The normalized spacial score (nSPS) is 21.0. The first kappa shape index (κ1) is 83.7. The molecular formula is C34H43Cl2F3N8O5S35. The summed E-state index contributed by atoms with van der Waals surface area (Å²) in [5, 5.41) is 29.8. The smallest absolute Gasteiger partial charge is 0.386 e. The second-order valence-electron chi connectivity index (χ2n) is 15.9. The number of rotatable bonds is 2. The first-order valence-corrected chi connectivity index (χ1v) is 66.8. The SMILES string of the molecule is C.C.C[C@H]1C[C@@]2(C[C@@H](c3cn(C)nn3)N1)OC[C@H](O)c1cc(Cl)sc12.C[C@H]1C[C@@]2(C[C@@H](c3cn(C)nn3)N1C(=O)C(F)(F)F)OCC(=O)c1cc(Cl)sc12.S=S=S=S=S=S=S=S=S=S=S=S=S=S=S=S=S=S=S=S=S=S=S=S=S=S=S=S=S=S=S=S=S. The van der Waals surface area contributed by atoms with Crippen molar-refractivity contribution >= 4 is 355 Å². The lowest BCUT2D eigenvalue weighted by molar-refractivity contribution is -0.200. The van der Waals surface area contributed by atoms with Gasteiger partial charge in [-0.05, 0) is 32.4 Å². The average Bonchev–Trinajstić information content (AvgIpc) is 1.85. The Morgan fingerprint density at radius 2 is 1.06 bits per heavy atom. The predicted octanol–water partition coefficient (Wildman–Crippen LogP) is 6.75. The molecule has 4 aliphatic heterocycles. The lowest BCUT2D eigenvalue weighted by Gasteiger charge is -2.50. The Labute approximate surface area is 616 Å². The maximum absolute atomic E-state index is 13.3. The molecule has 0 aliphatic carbocycles. The number of halogens is 5. The number of aryl methyl sites for hydroxylation is 2. The van der Waals surface area contributed by atoms with Crippen molar-refractivity contribution in [3.05, 3.63) is 65.5 Å². The highest BCUT2D eigenvalue weighted by Crippen LogP contribution is 2.54. The number of hydrogen-bond donors (Lipinski definition) is 2. The molecule has 0 aromatic carbocycles. The van der Waals surface area contributed by atoms with Crippen LogP contribution in [-0.2, 0) is 337 Å². The lowest BCUT2D eigenvalue weighted by Crippen LogP contribution is -2.56. The summed E-state index contributed by atoms with van der Waals surface area (Å²) in [6.45, 7) is 3.78. The molecule has 2 spiro atoms. The Bertz CT molecular complexity index is 4540. The maximum Gasteiger partial charge on any atom is 0.471 e. The number of hydrogen-bond acceptors (Lipinski definition) is 14. The summed E-state index contributed by atoms with van der Waals surface area (Å²) in [6.07, 6.45) is -0.503. The molecule has 4 aromatic heterocycles. The second-order valence-corrected chi connectivity index (χ2v) is 74.1. The van der Waals surface area contributed by atoms with Gasteiger partial charge >= 0.3 is 12.1 Å². The number of alkyl halides is 3. The number of likely N-dealkylation sites (tertiary alicyclic amines) is 1. The van der Waals surface area contributed by atoms with Crippen LogP contribution in [-0.4, -0.2) is 83.2 Å². The van der Waals surface area contributed by atoms with Crippen LogP contribution >= 0.6 is 45.9 Å². The molecule has 0 unspecified atom stereocenters. The van der Waals surface area contributed by atoms with Gasteiger partial charge < -0.3 is 24.8 Å². The van der Waals surface area contributed by atoms with E-state index in [4.69, 9.17) is 55.1 Å². The van der Waals surface area contributed by atoms with Crippen LogP contribution in [0.5, 0.6) is 0 Å². The summed E-state index contributed by atoms with van der Waals surface area (Å²) in [5.74, 6) is -2.17. The number of piperidine rings is 2. The molecule has 8 heterocycles. The van der Waals surface area contributed by atoms with Crippen molar-refractivity contribution in [2.75, 3.05) is 13.2 Å². The zero-order valence-electron chi connectivity index (χ0n) is 41.8. The number of carbonyl (C=O) groups excluding carboxylic acids is 2. The monoisotopic (exact) mass is 1890 g/mol. The van der Waals surface area contributed by atoms with Crippen molar-refractivity contribution in [1.82, 2.24) is 40.2 Å². The number of nitrogens with one attached hydrogen (secondary N) is 1.